The Kier molecular flexibility index (Phi) is 4.52. The topological polar surface area (TPSA) is 36.3 Å². The molecule has 0 aliphatic carbocycles. The number of aryl methyl sites for hydroxylation is 1. The monoisotopic (exact) mass is 320 g/mol. The minimum Gasteiger partial charge on any atom is -0.342 e. The van der Waals surface area contributed by atoms with Gasteiger partial charge in [0.1, 0.15) is 0 Å². The molecule has 2 atom stereocenters. The smallest absolute Gasteiger partial charge is 0.187 e. The Hall–Kier alpha value is -1.36. The van der Waals surface area contributed by atoms with Crippen LogP contribution in [0.25, 0.3) is 0 Å². The van der Waals surface area contributed by atoms with E-state index in [1.54, 1.807) is 12.5 Å². The molecule has 1 aromatic carbocycles. The summed E-state index contributed by atoms with van der Waals surface area (Å²) in [4.78, 5) is 4.10. The minimum absolute atomic E-state index is 0.0914. The van der Waals surface area contributed by atoms with Crippen LogP contribution in [0.4, 0.5) is 0 Å². The Morgan fingerprint density at radius 2 is 1.86 bits per heavy atom. The molecule has 118 valence electrons. The molecule has 2 unspecified atom stereocenters. The summed E-state index contributed by atoms with van der Waals surface area (Å²) >= 11 is 5.94. The molecule has 0 spiro atoms. The number of halogens is 1. The van der Waals surface area contributed by atoms with Gasteiger partial charge in [-0.2, -0.15) is 0 Å². The zero-order valence-electron chi connectivity index (χ0n) is 12.9. The van der Waals surface area contributed by atoms with Crippen molar-refractivity contribution < 1.29 is 9.47 Å². The molecule has 0 radical (unpaired) electrons. The molecule has 22 heavy (non-hydrogen) atoms. The third kappa shape index (κ3) is 3.51. The number of imidazole rings is 1. The van der Waals surface area contributed by atoms with E-state index in [-0.39, 0.29) is 12.2 Å². The summed E-state index contributed by atoms with van der Waals surface area (Å²) < 4.78 is 14.4. The van der Waals surface area contributed by atoms with Gasteiger partial charge >= 0.3 is 0 Å². The molecular weight excluding hydrogens is 300 g/mol. The maximum atomic E-state index is 6.18. The molecule has 4 nitrogen and oxygen atoms in total. The molecule has 1 aromatic heterocycles. The van der Waals surface area contributed by atoms with Crippen LogP contribution >= 0.6 is 11.6 Å². The molecular formula is C17H21ClN2O2. The molecule has 3 rings (SSSR count). The Morgan fingerprint density at radius 3 is 2.45 bits per heavy atom. The summed E-state index contributed by atoms with van der Waals surface area (Å²) in [6.45, 7) is 4.76. The van der Waals surface area contributed by atoms with E-state index >= 15 is 0 Å². The maximum Gasteiger partial charge on any atom is 0.187 e. The molecule has 1 aliphatic heterocycles. The molecule has 1 saturated heterocycles. The fourth-order valence-corrected chi connectivity index (χ4v) is 2.94. The largest absolute Gasteiger partial charge is 0.342 e. The summed E-state index contributed by atoms with van der Waals surface area (Å²) in [6.07, 6.45) is 7.36. The molecule has 1 aliphatic rings. The summed E-state index contributed by atoms with van der Waals surface area (Å²) in [6, 6.07) is 7.94. The highest BCUT2D eigenvalue weighted by Crippen LogP contribution is 2.34. The lowest BCUT2D eigenvalue weighted by Gasteiger charge is -2.28. The van der Waals surface area contributed by atoms with Crippen molar-refractivity contribution in [2.45, 2.75) is 51.2 Å². The van der Waals surface area contributed by atoms with Crippen LogP contribution in [0.2, 0.25) is 5.02 Å². The van der Waals surface area contributed by atoms with E-state index in [1.807, 2.05) is 22.9 Å². The first-order chi connectivity index (χ1) is 10.6. The van der Waals surface area contributed by atoms with Crippen LogP contribution in [-0.4, -0.2) is 27.5 Å². The van der Waals surface area contributed by atoms with Crippen molar-refractivity contribution in [2.24, 2.45) is 0 Å². The van der Waals surface area contributed by atoms with E-state index in [0.717, 1.165) is 17.9 Å². The average Bonchev–Trinajstić information content (AvgIpc) is 3.08. The Labute approximate surface area is 136 Å². The van der Waals surface area contributed by atoms with Crippen LogP contribution < -0.4 is 0 Å². The second-order valence-corrected chi connectivity index (χ2v) is 6.35. The zero-order chi connectivity index (χ0) is 15.6. The van der Waals surface area contributed by atoms with Gasteiger partial charge in [0, 0.05) is 23.8 Å². The third-order valence-corrected chi connectivity index (χ3v) is 4.40. The maximum absolute atomic E-state index is 6.18. The summed E-state index contributed by atoms with van der Waals surface area (Å²) in [7, 11) is 0. The number of hydrogen-bond acceptors (Lipinski definition) is 3. The van der Waals surface area contributed by atoms with Gasteiger partial charge in [-0.05, 0) is 38.0 Å². The van der Waals surface area contributed by atoms with E-state index in [2.05, 4.69) is 31.0 Å². The first-order valence-corrected chi connectivity index (χ1v) is 8.00. The van der Waals surface area contributed by atoms with Crippen molar-refractivity contribution in [2.75, 3.05) is 0 Å². The summed E-state index contributed by atoms with van der Waals surface area (Å²) in [5.41, 5.74) is 1.23. The number of hydrogen-bond donors (Lipinski definition) is 0. The van der Waals surface area contributed by atoms with Gasteiger partial charge in [-0.15, -0.1) is 0 Å². The molecule has 0 amide bonds. The van der Waals surface area contributed by atoms with Gasteiger partial charge < -0.3 is 14.0 Å². The van der Waals surface area contributed by atoms with Gasteiger partial charge in [0.05, 0.1) is 25.1 Å². The van der Waals surface area contributed by atoms with Crippen LogP contribution in [0.1, 0.15) is 25.8 Å². The predicted octanol–water partition coefficient (Wildman–Crippen LogP) is 3.69. The van der Waals surface area contributed by atoms with Crippen molar-refractivity contribution in [3.8, 4) is 0 Å². The second kappa shape index (κ2) is 6.41. The fraction of sp³-hybridized carbons (Fsp3) is 0.471. The molecule has 0 bridgehead atoms. The van der Waals surface area contributed by atoms with Crippen molar-refractivity contribution in [3.63, 3.8) is 0 Å². The zero-order valence-corrected chi connectivity index (χ0v) is 13.7. The highest BCUT2D eigenvalue weighted by atomic mass is 35.5. The lowest BCUT2D eigenvalue weighted by atomic mass is 10.0. The second-order valence-electron chi connectivity index (χ2n) is 5.92. The number of nitrogens with zero attached hydrogens (tertiary/aromatic N) is 2. The highest BCUT2D eigenvalue weighted by molar-refractivity contribution is 6.30. The molecule has 2 aromatic rings. The lowest BCUT2D eigenvalue weighted by molar-refractivity contribution is -0.186. The van der Waals surface area contributed by atoms with Gasteiger partial charge in [0.25, 0.3) is 0 Å². The van der Waals surface area contributed by atoms with Crippen LogP contribution in [-0.2, 0) is 22.4 Å². The number of benzene rings is 1. The van der Waals surface area contributed by atoms with Gasteiger partial charge in [-0.3, -0.25) is 0 Å². The SMILES string of the molecule is CC1OC(CCc2ccc(Cl)cc2)(Cn2ccnc2)OC1C. The minimum atomic E-state index is -0.598. The van der Waals surface area contributed by atoms with E-state index in [0.29, 0.717) is 6.54 Å². The van der Waals surface area contributed by atoms with Crippen LogP contribution in [0.5, 0.6) is 0 Å². The Morgan fingerprint density at radius 1 is 1.18 bits per heavy atom. The molecule has 5 heteroatoms. The number of ether oxygens (including phenoxy) is 2. The van der Waals surface area contributed by atoms with Crippen molar-refractivity contribution in [1.82, 2.24) is 9.55 Å². The normalized spacial score (nSPS) is 28.1. The molecule has 0 N–H and O–H groups in total. The van der Waals surface area contributed by atoms with E-state index in [4.69, 9.17) is 21.1 Å². The Bertz CT molecular complexity index is 588. The van der Waals surface area contributed by atoms with E-state index in [9.17, 15) is 0 Å². The molecule has 2 heterocycles. The van der Waals surface area contributed by atoms with Crippen LogP contribution in [0.3, 0.4) is 0 Å². The quantitative estimate of drug-likeness (QED) is 0.843. The standard InChI is InChI=1S/C17H21ClN2O2/c1-13-14(2)22-17(21-13,11-20-10-9-19-12-20)8-7-15-3-5-16(18)6-4-15/h3-6,9-10,12-14H,7-8,11H2,1-2H3. The molecule has 1 fully saturated rings. The predicted molar refractivity (Wildman–Crippen MR) is 85.8 cm³/mol. The fourth-order valence-electron chi connectivity index (χ4n) is 2.81. The summed E-state index contributed by atoms with van der Waals surface area (Å²) in [5, 5.41) is 0.757. The van der Waals surface area contributed by atoms with Gasteiger partial charge in [-0.25, -0.2) is 4.98 Å². The van der Waals surface area contributed by atoms with Crippen molar-refractivity contribution in [3.05, 3.63) is 53.6 Å². The first-order valence-electron chi connectivity index (χ1n) is 7.62. The number of rotatable bonds is 5. The van der Waals surface area contributed by atoms with Crippen LogP contribution in [0.15, 0.2) is 43.0 Å². The molecule has 0 saturated carbocycles. The first kappa shape index (κ1) is 15.5. The number of aromatic nitrogens is 2. The van der Waals surface area contributed by atoms with E-state index < -0.39 is 5.79 Å². The third-order valence-electron chi connectivity index (χ3n) is 4.15. The van der Waals surface area contributed by atoms with Crippen molar-refractivity contribution >= 4 is 11.6 Å². The van der Waals surface area contributed by atoms with Crippen LogP contribution in [0, 0.1) is 0 Å². The van der Waals surface area contributed by atoms with Gasteiger partial charge in [-0.1, -0.05) is 23.7 Å². The highest BCUT2D eigenvalue weighted by Gasteiger charge is 2.43. The van der Waals surface area contributed by atoms with Gasteiger partial charge in [0.2, 0.25) is 0 Å². The van der Waals surface area contributed by atoms with Gasteiger partial charge in [0.15, 0.2) is 5.79 Å². The van der Waals surface area contributed by atoms with Crippen molar-refractivity contribution in [1.29, 1.82) is 0 Å². The summed E-state index contributed by atoms with van der Waals surface area (Å²) in [5.74, 6) is -0.598. The van der Waals surface area contributed by atoms with E-state index in [1.165, 1.54) is 5.56 Å². The Balaban J connectivity index is 1.72. The average molecular weight is 321 g/mol. The lowest BCUT2D eigenvalue weighted by Crippen LogP contribution is -2.36.